The third-order valence-corrected chi connectivity index (χ3v) is 5.92. The zero-order chi connectivity index (χ0) is 16.9. The number of thiophene rings is 1. The van der Waals surface area contributed by atoms with Crippen molar-refractivity contribution in [3.8, 4) is 5.75 Å². The van der Waals surface area contributed by atoms with Crippen molar-refractivity contribution in [3.63, 3.8) is 0 Å². The molecule has 0 aliphatic carbocycles. The fourth-order valence-corrected chi connectivity index (χ4v) is 4.70. The molecule has 1 aromatic carbocycles. The lowest BCUT2D eigenvalue weighted by molar-refractivity contribution is 0.236. The lowest BCUT2D eigenvalue weighted by Crippen LogP contribution is -2.32. The summed E-state index contributed by atoms with van der Waals surface area (Å²) >= 11 is 5.50. The highest BCUT2D eigenvalue weighted by Crippen LogP contribution is 2.39. The van der Waals surface area contributed by atoms with Gasteiger partial charge in [0.15, 0.2) is 0 Å². The first kappa shape index (κ1) is 17.9. The van der Waals surface area contributed by atoms with E-state index in [1.807, 2.05) is 18.3 Å². The molecule has 130 valence electrons. The Morgan fingerprint density at radius 3 is 2.92 bits per heavy atom. The highest BCUT2D eigenvalue weighted by atomic mass is 79.9. The number of hydrogen-bond donors (Lipinski definition) is 1. The Hall–Kier alpha value is -0.880. The van der Waals surface area contributed by atoms with E-state index in [9.17, 15) is 0 Å². The van der Waals surface area contributed by atoms with Crippen LogP contribution in [0.4, 0.5) is 0 Å². The van der Waals surface area contributed by atoms with Crippen molar-refractivity contribution in [2.75, 3.05) is 32.8 Å². The van der Waals surface area contributed by atoms with Crippen molar-refractivity contribution in [1.29, 1.82) is 0 Å². The summed E-state index contributed by atoms with van der Waals surface area (Å²) in [7, 11) is 0. The first-order chi connectivity index (χ1) is 11.7. The smallest absolute Gasteiger partial charge is 0.124 e. The number of hydrogen-bond acceptors (Lipinski definition) is 4. The topological polar surface area (TPSA) is 24.5 Å². The van der Waals surface area contributed by atoms with E-state index >= 15 is 0 Å². The van der Waals surface area contributed by atoms with Gasteiger partial charge in [0.1, 0.15) is 5.75 Å². The molecule has 0 bridgehead atoms. The molecule has 1 aliphatic rings. The van der Waals surface area contributed by atoms with Gasteiger partial charge in [-0.25, -0.2) is 0 Å². The van der Waals surface area contributed by atoms with Crippen LogP contribution >= 0.6 is 27.3 Å². The summed E-state index contributed by atoms with van der Waals surface area (Å²) in [5, 5.41) is 5.76. The van der Waals surface area contributed by atoms with Crippen LogP contribution in [0.25, 0.3) is 0 Å². The molecule has 3 nitrogen and oxygen atoms in total. The summed E-state index contributed by atoms with van der Waals surface area (Å²) < 4.78 is 7.07. The molecule has 1 fully saturated rings. The SMILES string of the molecule is CCOc1ccc(Br)cc1C(c1cc(C)cs1)N1CCCNCC1. The first-order valence-corrected chi connectivity index (χ1v) is 10.3. The highest BCUT2D eigenvalue weighted by molar-refractivity contribution is 9.10. The van der Waals surface area contributed by atoms with Crippen LogP contribution in [-0.4, -0.2) is 37.7 Å². The normalized spacial score (nSPS) is 17.5. The van der Waals surface area contributed by atoms with Crippen molar-refractivity contribution in [3.05, 3.63) is 50.1 Å². The number of nitrogens with zero attached hydrogens (tertiary/aromatic N) is 1. The van der Waals surface area contributed by atoms with Crippen LogP contribution in [0.5, 0.6) is 5.75 Å². The molecular formula is C19H25BrN2OS. The summed E-state index contributed by atoms with van der Waals surface area (Å²) in [4.78, 5) is 3.99. The lowest BCUT2D eigenvalue weighted by Gasteiger charge is -2.31. The van der Waals surface area contributed by atoms with E-state index in [-0.39, 0.29) is 6.04 Å². The van der Waals surface area contributed by atoms with Crippen LogP contribution in [0.15, 0.2) is 34.1 Å². The van der Waals surface area contributed by atoms with Gasteiger partial charge in [0.2, 0.25) is 0 Å². The largest absolute Gasteiger partial charge is 0.494 e. The molecule has 2 heterocycles. The van der Waals surface area contributed by atoms with E-state index in [4.69, 9.17) is 4.74 Å². The van der Waals surface area contributed by atoms with Gasteiger partial charge in [-0.1, -0.05) is 15.9 Å². The van der Waals surface area contributed by atoms with Gasteiger partial charge in [0, 0.05) is 34.5 Å². The van der Waals surface area contributed by atoms with E-state index in [1.165, 1.54) is 22.4 Å². The van der Waals surface area contributed by atoms with E-state index in [1.54, 1.807) is 0 Å². The molecular weight excluding hydrogens is 384 g/mol. The minimum absolute atomic E-state index is 0.252. The quantitative estimate of drug-likeness (QED) is 0.781. The monoisotopic (exact) mass is 408 g/mol. The van der Waals surface area contributed by atoms with Crippen molar-refractivity contribution >= 4 is 27.3 Å². The summed E-state index contributed by atoms with van der Waals surface area (Å²) in [5.41, 5.74) is 2.59. The van der Waals surface area contributed by atoms with Gasteiger partial charge in [0.25, 0.3) is 0 Å². The maximum absolute atomic E-state index is 5.96. The van der Waals surface area contributed by atoms with E-state index in [2.05, 4.69) is 62.7 Å². The fourth-order valence-electron chi connectivity index (χ4n) is 3.27. The van der Waals surface area contributed by atoms with Gasteiger partial charge in [-0.05, 0) is 62.0 Å². The van der Waals surface area contributed by atoms with Crippen LogP contribution in [0.3, 0.4) is 0 Å². The minimum atomic E-state index is 0.252. The molecule has 5 heteroatoms. The second-order valence-corrected chi connectivity index (χ2v) is 8.04. The Balaban J connectivity index is 2.05. The average Bonchev–Trinajstić information content (AvgIpc) is 2.82. The number of rotatable bonds is 5. The Labute approximate surface area is 157 Å². The third-order valence-electron chi connectivity index (χ3n) is 4.33. The molecule has 0 radical (unpaired) electrons. The minimum Gasteiger partial charge on any atom is -0.494 e. The maximum atomic E-state index is 5.96. The van der Waals surface area contributed by atoms with Crippen LogP contribution in [-0.2, 0) is 0 Å². The molecule has 2 aromatic rings. The Bertz CT molecular complexity index is 665. The summed E-state index contributed by atoms with van der Waals surface area (Å²) in [6.07, 6.45) is 1.18. The predicted molar refractivity (Wildman–Crippen MR) is 105 cm³/mol. The fraction of sp³-hybridized carbons (Fsp3) is 0.474. The van der Waals surface area contributed by atoms with Gasteiger partial charge >= 0.3 is 0 Å². The molecule has 1 atom stereocenters. The van der Waals surface area contributed by atoms with Crippen molar-refractivity contribution < 1.29 is 4.74 Å². The van der Waals surface area contributed by atoms with E-state index < -0.39 is 0 Å². The molecule has 24 heavy (non-hydrogen) atoms. The number of aryl methyl sites for hydroxylation is 1. The maximum Gasteiger partial charge on any atom is 0.124 e. The molecule has 1 saturated heterocycles. The summed E-state index contributed by atoms with van der Waals surface area (Å²) in [5.74, 6) is 0.994. The summed E-state index contributed by atoms with van der Waals surface area (Å²) in [6.45, 7) is 9.21. The third kappa shape index (κ3) is 4.20. The standard InChI is InChI=1S/C19H25BrN2OS/c1-3-23-17-6-5-15(20)12-16(17)19(18-11-14(2)13-24-18)22-9-4-7-21-8-10-22/h5-6,11-13,19,21H,3-4,7-10H2,1-2H3. The zero-order valence-corrected chi connectivity index (χ0v) is 16.8. The first-order valence-electron chi connectivity index (χ1n) is 8.61. The lowest BCUT2D eigenvalue weighted by atomic mass is 10.0. The Morgan fingerprint density at radius 1 is 1.29 bits per heavy atom. The predicted octanol–water partition coefficient (Wildman–Crippen LogP) is 4.60. The molecule has 1 aromatic heterocycles. The second-order valence-electron chi connectivity index (χ2n) is 6.18. The molecule has 1 N–H and O–H groups in total. The Kier molecular flexibility index (Phi) is 6.33. The summed E-state index contributed by atoms with van der Waals surface area (Å²) in [6, 6.07) is 8.96. The van der Waals surface area contributed by atoms with Gasteiger partial charge < -0.3 is 10.1 Å². The van der Waals surface area contributed by atoms with Crippen LogP contribution in [0.2, 0.25) is 0 Å². The number of nitrogens with one attached hydrogen (secondary N) is 1. The van der Waals surface area contributed by atoms with E-state index in [0.717, 1.165) is 36.4 Å². The second kappa shape index (κ2) is 8.48. The van der Waals surface area contributed by atoms with Gasteiger partial charge in [-0.3, -0.25) is 4.90 Å². The van der Waals surface area contributed by atoms with Gasteiger partial charge in [-0.15, -0.1) is 11.3 Å². The van der Waals surface area contributed by atoms with Gasteiger partial charge in [-0.2, -0.15) is 0 Å². The number of benzene rings is 1. The Morgan fingerprint density at radius 2 is 2.17 bits per heavy atom. The van der Waals surface area contributed by atoms with Gasteiger partial charge in [0.05, 0.1) is 12.6 Å². The highest BCUT2D eigenvalue weighted by Gasteiger charge is 2.27. The number of ether oxygens (including phenoxy) is 1. The molecule has 0 saturated carbocycles. The van der Waals surface area contributed by atoms with Crippen molar-refractivity contribution in [1.82, 2.24) is 10.2 Å². The number of halogens is 1. The molecule has 0 spiro atoms. The molecule has 1 aliphatic heterocycles. The van der Waals surface area contributed by atoms with E-state index in [0.29, 0.717) is 6.61 Å². The van der Waals surface area contributed by atoms with Crippen molar-refractivity contribution in [2.45, 2.75) is 26.3 Å². The average molecular weight is 409 g/mol. The molecule has 0 amide bonds. The van der Waals surface area contributed by atoms with Crippen molar-refractivity contribution in [2.24, 2.45) is 0 Å². The van der Waals surface area contributed by atoms with Crippen LogP contribution in [0.1, 0.15) is 35.4 Å². The van der Waals surface area contributed by atoms with Crippen LogP contribution in [0, 0.1) is 6.92 Å². The van der Waals surface area contributed by atoms with Crippen LogP contribution < -0.4 is 10.1 Å². The zero-order valence-electron chi connectivity index (χ0n) is 14.3. The molecule has 3 rings (SSSR count). The molecule has 1 unspecified atom stereocenters.